The summed E-state index contributed by atoms with van der Waals surface area (Å²) >= 11 is 0. The first kappa shape index (κ1) is 38.1. The molecule has 2 heterocycles. The fraction of sp³-hybridized carbons (Fsp3) is 0.581. The number of likely N-dealkylation sites (tertiary alicyclic amines) is 1. The lowest BCUT2D eigenvalue weighted by Gasteiger charge is -2.36. The van der Waals surface area contributed by atoms with Crippen molar-refractivity contribution in [1.29, 1.82) is 0 Å². The van der Waals surface area contributed by atoms with E-state index in [1.807, 2.05) is 0 Å². The lowest BCUT2D eigenvalue weighted by Crippen LogP contribution is -2.59. The number of hydrogen-bond acceptors (Lipinski definition) is 8. The number of rotatable bonds is 8. The van der Waals surface area contributed by atoms with E-state index in [4.69, 9.17) is 4.74 Å². The van der Waals surface area contributed by atoms with Gasteiger partial charge in [-0.1, -0.05) is 26.8 Å². The molecule has 2 aliphatic rings. The summed E-state index contributed by atoms with van der Waals surface area (Å²) < 4.78 is 86.2. The van der Waals surface area contributed by atoms with Crippen LogP contribution in [0, 0.1) is 11.3 Å². The Morgan fingerprint density at radius 1 is 1.02 bits per heavy atom. The summed E-state index contributed by atoms with van der Waals surface area (Å²) in [6.07, 6.45) is -10.0. The van der Waals surface area contributed by atoms with Gasteiger partial charge in [-0.15, -0.1) is 16.8 Å². The molecule has 1 aromatic carbocycles. The minimum absolute atomic E-state index is 0.0391. The minimum Gasteiger partial charge on any atom is -0.479 e. The van der Waals surface area contributed by atoms with Crippen LogP contribution in [-0.4, -0.2) is 83.9 Å². The van der Waals surface area contributed by atoms with Crippen molar-refractivity contribution in [3.8, 4) is 11.4 Å². The molecular weight excluding hydrogens is 680 g/mol. The predicted octanol–water partition coefficient (Wildman–Crippen LogP) is 4.60. The SMILES string of the molecule is C=CC1CC1(NC(=O)C1CC(n2nnc(-c3cc(C(F)(F)F)cc(C(F)(F)F)c3)n2)CN1C(=O)C(NC(=O)OC(C)(C)C)C(C)(C)C)C(=O)O. The van der Waals surface area contributed by atoms with Crippen LogP contribution in [0.5, 0.6) is 0 Å². The normalized spacial score (nSPS) is 23.2. The molecule has 1 saturated carbocycles. The highest BCUT2D eigenvalue weighted by atomic mass is 19.4. The molecule has 4 rings (SSSR count). The molecule has 5 unspecified atom stereocenters. The third kappa shape index (κ3) is 8.18. The molecule has 0 radical (unpaired) electrons. The van der Waals surface area contributed by atoms with E-state index in [2.05, 4.69) is 32.6 Å². The quantitative estimate of drug-likeness (QED) is 0.261. The van der Waals surface area contributed by atoms with Gasteiger partial charge in [0.25, 0.3) is 0 Å². The molecule has 274 valence electrons. The average molecular weight is 718 g/mol. The van der Waals surface area contributed by atoms with Crippen LogP contribution in [0.4, 0.5) is 31.1 Å². The summed E-state index contributed by atoms with van der Waals surface area (Å²) in [4.78, 5) is 54.7. The Bertz CT molecular complexity index is 1650. The number of hydrogen-bond donors (Lipinski definition) is 3. The molecule has 1 aliphatic carbocycles. The maximum atomic E-state index is 14.2. The Balaban J connectivity index is 1.71. The predicted molar refractivity (Wildman–Crippen MR) is 162 cm³/mol. The van der Waals surface area contributed by atoms with Gasteiger partial charge in [-0.05, 0) is 56.0 Å². The molecule has 1 saturated heterocycles. The van der Waals surface area contributed by atoms with Gasteiger partial charge in [0.1, 0.15) is 23.2 Å². The molecule has 0 bridgehead atoms. The molecule has 2 fully saturated rings. The molecule has 0 spiro atoms. The number of aromatic nitrogens is 4. The topological polar surface area (TPSA) is 169 Å². The van der Waals surface area contributed by atoms with E-state index >= 15 is 0 Å². The highest BCUT2D eigenvalue weighted by Gasteiger charge is 2.61. The van der Waals surface area contributed by atoms with E-state index in [1.54, 1.807) is 41.5 Å². The zero-order chi connectivity index (χ0) is 37.8. The number of alkyl halides is 6. The van der Waals surface area contributed by atoms with Crippen LogP contribution in [-0.2, 0) is 31.5 Å². The Labute approximate surface area is 282 Å². The van der Waals surface area contributed by atoms with Gasteiger partial charge in [0.15, 0.2) is 0 Å². The van der Waals surface area contributed by atoms with Crippen LogP contribution in [0.15, 0.2) is 30.9 Å². The van der Waals surface area contributed by atoms with Crippen LogP contribution in [0.1, 0.15) is 71.6 Å². The summed E-state index contributed by atoms with van der Waals surface area (Å²) in [5.74, 6) is -4.16. The number of nitrogens with one attached hydrogen (secondary N) is 2. The van der Waals surface area contributed by atoms with Gasteiger partial charge in [0, 0.05) is 24.4 Å². The smallest absolute Gasteiger partial charge is 0.416 e. The molecule has 1 aliphatic heterocycles. The number of carboxylic acids is 1. The van der Waals surface area contributed by atoms with Crippen LogP contribution in [0.25, 0.3) is 11.4 Å². The first-order chi connectivity index (χ1) is 22.8. The Morgan fingerprint density at radius 2 is 1.60 bits per heavy atom. The summed E-state index contributed by atoms with van der Waals surface area (Å²) in [6, 6.07) is -2.85. The van der Waals surface area contributed by atoms with Crippen LogP contribution < -0.4 is 10.6 Å². The summed E-state index contributed by atoms with van der Waals surface area (Å²) in [7, 11) is 0. The lowest BCUT2D eigenvalue weighted by atomic mass is 9.85. The van der Waals surface area contributed by atoms with Crippen molar-refractivity contribution in [1.82, 2.24) is 35.7 Å². The van der Waals surface area contributed by atoms with Crippen LogP contribution in [0.3, 0.4) is 0 Å². The number of benzene rings is 1. The number of aliphatic carboxylic acids is 1. The second kappa shape index (κ2) is 12.9. The second-order valence-corrected chi connectivity index (χ2v) is 14.4. The zero-order valence-electron chi connectivity index (χ0n) is 27.9. The van der Waals surface area contributed by atoms with Crippen LogP contribution >= 0.6 is 0 Å². The first-order valence-electron chi connectivity index (χ1n) is 15.3. The van der Waals surface area contributed by atoms with Gasteiger partial charge in [0.05, 0.1) is 17.2 Å². The monoisotopic (exact) mass is 717 g/mol. The molecule has 19 heteroatoms. The highest BCUT2D eigenvalue weighted by molar-refractivity contribution is 5.96. The van der Waals surface area contributed by atoms with Crippen molar-refractivity contribution in [2.45, 2.75) is 96.0 Å². The van der Waals surface area contributed by atoms with Crippen molar-refractivity contribution < 1.29 is 55.4 Å². The number of halogens is 6. The van der Waals surface area contributed by atoms with E-state index < -0.39 is 99.3 Å². The van der Waals surface area contributed by atoms with Crippen molar-refractivity contribution in [3.05, 3.63) is 42.0 Å². The van der Waals surface area contributed by atoms with Crippen molar-refractivity contribution in [3.63, 3.8) is 0 Å². The van der Waals surface area contributed by atoms with Crippen molar-refractivity contribution >= 4 is 23.9 Å². The second-order valence-electron chi connectivity index (χ2n) is 14.4. The largest absolute Gasteiger partial charge is 0.479 e. The standard InChI is InChI=1S/C31H37F6N7O6/c1-8-16-13-29(16,25(47)48)39-23(45)20-12-19(14-43(20)24(46)21(27(2,3)4)38-26(49)50-28(5,6)7)44-41-22(40-42-44)15-9-17(30(32,33)34)11-18(10-15)31(35,36)37/h8-11,16,19-21H,1,12-14H2,2-7H3,(H,38,49)(H,39,45)(H,47,48). The Morgan fingerprint density at radius 3 is 2.06 bits per heavy atom. The van der Waals surface area contributed by atoms with E-state index in [-0.39, 0.29) is 25.5 Å². The van der Waals surface area contributed by atoms with Crippen molar-refractivity contribution in [2.24, 2.45) is 11.3 Å². The zero-order valence-corrected chi connectivity index (χ0v) is 27.9. The number of alkyl carbamates (subject to hydrolysis) is 1. The summed E-state index contributed by atoms with van der Waals surface area (Å²) in [5.41, 5.74) is -7.39. The number of amides is 3. The van der Waals surface area contributed by atoms with E-state index in [0.717, 1.165) is 9.70 Å². The number of ether oxygens (including phenoxy) is 1. The highest BCUT2D eigenvalue weighted by Crippen LogP contribution is 2.45. The lowest BCUT2D eigenvalue weighted by molar-refractivity contribution is -0.146. The molecule has 5 atom stereocenters. The third-order valence-electron chi connectivity index (χ3n) is 8.27. The third-order valence-corrected chi connectivity index (χ3v) is 8.27. The Kier molecular flexibility index (Phi) is 9.81. The maximum absolute atomic E-state index is 14.2. The fourth-order valence-electron chi connectivity index (χ4n) is 5.61. The molecule has 13 nitrogen and oxygen atoms in total. The average Bonchev–Trinajstić information content (AvgIpc) is 3.28. The molecule has 3 amide bonds. The van der Waals surface area contributed by atoms with Crippen LogP contribution in [0.2, 0.25) is 0 Å². The molecule has 50 heavy (non-hydrogen) atoms. The minimum atomic E-state index is -5.13. The van der Waals surface area contributed by atoms with E-state index in [1.165, 1.54) is 6.08 Å². The number of nitrogens with zero attached hydrogens (tertiary/aromatic N) is 5. The number of tetrazole rings is 1. The number of carbonyl (C=O) groups is 4. The van der Waals surface area contributed by atoms with E-state index in [9.17, 15) is 50.6 Å². The van der Waals surface area contributed by atoms with Gasteiger partial charge in [-0.25, -0.2) is 9.59 Å². The first-order valence-corrected chi connectivity index (χ1v) is 15.3. The van der Waals surface area contributed by atoms with Gasteiger partial charge in [-0.3, -0.25) is 9.59 Å². The molecule has 2 aromatic rings. The van der Waals surface area contributed by atoms with Gasteiger partial charge < -0.3 is 25.4 Å². The number of carbonyl (C=O) groups excluding carboxylic acids is 3. The molecular formula is C31H37F6N7O6. The molecule has 3 N–H and O–H groups in total. The van der Waals surface area contributed by atoms with Gasteiger partial charge in [-0.2, -0.15) is 31.1 Å². The number of carboxylic acid groups (broad SMARTS) is 1. The fourth-order valence-corrected chi connectivity index (χ4v) is 5.61. The summed E-state index contributed by atoms with van der Waals surface area (Å²) in [6.45, 7) is 13.0. The Hall–Kier alpha value is -4.71. The van der Waals surface area contributed by atoms with Gasteiger partial charge in [0.2, 0.25) is 17.6 Å². The summed E-state index contributed by atoms with van der Waals surface area (Å²) in [5, 5.41) is 26.4. The van der Waals surface area contributed by atoms with Crippen molar-refractivity contribution in [2.75, 3.05) is 6.54 Å². The maximum Gasteiger partial charge on any atom is 0.416 e. The molecule has 1 aromatic heterocycles. The van der Waals surface area contributed by atoms with E-state index in [0.29, 0.717) is 12.1 Å². The van der Waals surface area contributed by atoms with Gasteiger partial charge >= 0.3 is 24.4 Å².